The van der Waals surface area contributed by atoms with E-state index >= 15 is 0 Å². The lowest BCUT2D eigenvalue weighted by molar-refractivity contribution is -0.207. The predicted molar refractivity (Wildman–Crippen MR) is 143 cm³/mol. The van der Waals surface area contributed by atoms with Crippen LogP contribution < -0.4 is 11.0 Å². The van der Waals surface area contributed by atoms with Gasteiger partial charge in [0, 0.05) is 36.6 Å². The highest BCUT2D eigenvalue weighted by atomic mass is 35.5. The number of aliphatic hydroxyl groups is 1. The monoisotopic (exact) mass is 604 g/mol. The van der Waals surface area contributed by atoms with Crippen molar-refractivity contribution in [2.75, 3.05) is 19.6 Å². The fraction of sp³-hybridized carbons (Fsp3) is 0.308. The van der Waals surface area contributed by atoms with Crippen LogP contribution in [0.4, 0.5) is 13.2 Å². The van der Waals surface area contributed by atoms with E-state index in [0.717, 1.165) is 9.25 Å². The van der Waals surface area contributed by atoms with E-state index in [1.54, 1.807) is 29.2 Å². The van der Waals surface area contributed by atoms with Crippen molar-refractivity contribution in [2.45, 2.75) is 31.8 Å². The third-order valence-corrected chi connectivity index (χ3v) is 6.82. The molecule has 12 nitrogen and oxygen atoms in total. The number of amides is 2. The van der Waals surface area contributed by atoms with E-state index in [2.05, 4.69) is 20.5 Å². The molecule has 1 fully saturated rings. The zero-order valence-electron chi connectivity index (χ0n) is 21.8. The van der Waals surface area contributed by atoms with Crippen LogP contribution >= 0.6 is 11.6 Å². The maximum Gasteiger partial charge on any atom is 0.416 e. The number of carbonyl (C=O) groups is 2. The molecule has 5 rings (SSSR count). The summed E-state index contributed by atoms with van der Waals surface area (Å²) in [5.74, 6) is -0.456. The summed E-state index contributed by atoms with van der Waals surface area (Å²) in [6, 6.07) is 12.6. The van der Waals surface area contributed by atoms with Crippen molar-refractivity contribution in [3.05, 3.63) is 81.8 Å². The molecule has 16 heteroatoms. The maximum absolute atomic E-state index is 13.3. The van der Waals surface area contributed by atoms with Gasteiger partial charge in [0.1, 0.15) is 12.9 Å². The largest absolute Gasteiger partial charge is 0.416 e. The van der Waals surface area contributed by atoms with Gasteiger partial charge < -0.3 is 15.3 Å². The molecule has 2 aromatic carbocycles. The molecule has 1 atom stereocenters. The van der Waals surface area contributed by atoms with Crippen LogP contribution in [-0.2, 0) is 17.9 Å². The van der Waals surface area contributed by atoms with E-state index in [-0.39, 0.29) is 43.0 Å². The van der Waals surface area contributed by atoms with Gasteiger partial charge in [-0.25, -0.2) is 19.1 Å². The average Bonchev–Trinajstić information content (AvgIpc) is 3.47. The number of nitrogens with one attached hydrogen (secondary N) is 1. The quantitative estimate of drug-likeness (QED) is 0.328. The standard InChI is InChI=1S/C26H24ClF3N8O4/c27-17-7-5-16(6-8-17)23-34-37(25(42)36(23)13-20(39)26(28,29)30)14-21-32-15-38(33-21)19-4-2-1-3-18(19)24(41)35-11-9-22(40)31-10-12-35/h1-8,15,20,39H,9-14H2,(H,31,40). The minimum absolute atomic E-state index is 0.0904. The second-order valence-electron chi connectivity index (χ2n) is 9.45. The first-order chi connectivity index (χ1) is 20.0. The zero-order chi connectivity index (χ0) is 30.0. The first-order valence-electron chi connectivity index (χ1n) is 12.8. The van der Waals surface area contributed by atoms with Crippen LogP contribution in [0.5, 0.6) is 0 Å². The van der Waals surface area contributed by atoms with Gasteiger partial charge in [-0.05, 0) is 36.4 Å². The van der Waals surface area contributed by atoms with Gasteiger partial charge in [-0.3, -0.25) is 14.2 Å². The minimum atomic E-state index is -4.96. The van der Waals surface area contributed by atoms with Gasteiger partial charge >= 0.3 is 11.9 Å². The highest BCUT2D eigenvalue weighted by Crippen LogP contribution is 2.24. The number of hydrogen-bond acceptors (Lipinski definition) is 7. The van der Waals surface area contributed by atoms with Crippen molar-refractivity contribution in [2.24, 2.45) is 0 Å². The third-order valence-electron chi connectivity index (χ3n) is 6.57. The van der Waals surface area contributed by atoms with Gasteiger partial charge in [0.25, 0.3) is 5.91 Å². The number of alkyl halides is 3. The molecule has 0 saturated carbocycles. The molecule has 1 saturated heterocycles. The Morgan fingerprint density at radius 2 is 1.81 bits per heavy atom. The molecule has 220 valence electrons. The molecular formula is C26H24ClF3N8O4. The molecule has 0 bridgehead atoms. The molecule has 3 heterocycles. The van der Waals surface area contributed by atoms with Crippen molar-refractivity contribution >= 4 is 23.4 Å². The third kappa shape index (κ3) is 6.21. The van der Waals surface area contributed by atoms with Crippen LogP contribution in [0.1, 0.15) is 22.6 Å². The van der Waals surface area contributed by atoms with E-state index in [1.807, 2.05) is 0 Å². The molecule has 42 heavy (non-hydrogen) atoms. The number of para-hydroxylation sites is 1. The smallest absolute Gasteiger partial charge is 0.382 e. The SMILES string of the molecule is O=C1CCN(C(=O)c2ccccc2-n2cnc(Cn3nc(-c4ccc(Cl)cc4)n(CC(O)C(F)(F)F)c3=O)n2)CCN1. The summed E-state index contributed by atoms with van der Waals surface area (Å²) >= 11 is 5.93. The van der Waals surface area contributed by atoms with Gasteiger partial charge in [0.2, 0.25) is 5.91 Å². The average molecular weight is 605 g/mol. The predicted octanol–water partition coefficient (Wildman–Crippen LogP) is 1.88. The molecule has 1 aliphatic heterocycles. The zero-order valence-corrected chi connectivity index (χ0v) is 22.6. The second kappa shape index (κ2) is 11.8. The molecule has 0 radical (unpaired) electrons. The fourth-order valence-electron chi connectivity index (χ4n) is 4.41. The number of hydrogen-bond donors (Lipinski definition) is 2. The van der Waals surface area contributed by atoms with E-state index in [4.69, 9.17) is 11.6 Å². The molecule has 1 unspecified atom stereocenters. The lowest BCUT2D eigenvalue weighted by Gasteiger charge is -2.21. The van der Waals surface area contributed by atoms with Crippen molar-refractivity contribution in [1.82, 2.24) is 39.3 Å². The Hall–Kier alpha value is -4.50. The van der Waals surface area contributed by atoms with Crippen molar-refractivity contribution in [3.8, 4) is 17.1 Å². The summed E-state index contributed by atoms with van der Waals surface area (Å²) in [6.45, 7) is -0.454. The highest BCUT2D eigenvalue weighted by molar-refractivity contribution is 6.30. The summed E-state index contributed by atoms with van der Waals surface area (Å²) in [4.78, 5) is 43.9. The lowest BCUT2D eigenvalue weighted by atomic mass is 10.1. The Morgan fingerprint density at radius 1 is 1.07 bits per heavy atom. The number of benzene rings is 2. The molecule has 1 aliphatic rings. The number of aromatic nitrogens is 6. The molecule has 4 aromatic rings. The van der Waals surface area contributed by atoms with Crippen molar-refractivity contribution < 1.29 is 27.9 Å². The molecule has 2 aromatic heterocycles. The summed E-state index contributed by atoms with van der Waals surface area (Å²) in [7, 11) is 0. The van der Waals surface area contributed by atoms with Crippen LogP contribution in [-0.4, -0.2) is 82.8 Å². The van der Waals surface area contributed by atoms with Crippen molar-refractivity contribution in [3.63, 3.8) is 0 Å². The van der Waals surface area contributed by atoms with E-state index in [0.29, 0.717) is 34.9 Å². The number of rotatable bonds is 7. The van der Waals surface area contributed by atoms with Gasteiger partial charge in [-0.2, -0.15) is 13.2 Å². The summed E-state index contributed by atoms with van der Waals surface area (Å²) in [5.41, 5.74) is 0.106. The second-order valence-corrected chi connectivity index (χ2v) is 9.89. The normalized spacial score (nSPS) is 14.9. The lowest BCUT2D eigenvalue weighted by Crippen LogP contribution is -2.37. The van der Waals surface area contributed by atoms with Crippen LogP contribution in [0.25, 0.3) is 17.1 Å². The van der Waals surface area contributed by atoms with Crippen LogP contribution in [0, 0.1) is 0 Å². The Balaban J connectivity index is 1.44. The Morgan fingerprint density at radius 3 is 2.55 bits per heavy atom. The molecule has 2 amide bonds. The highest BCUT2D eigenvalue weighted by Gasteiger charge is 2.39. The van der Waals surface area contributed by atoms with Gasteiger partial charge in [0.15, 0.2) is 17.8 Å². The topological polar surface area (TPSA) is 140 Å². The van der Waals surface area contributed by atoms with Crippen molar-refractivity contribution in [1.29, 1.82) is 0 Å². The maximum atomic E-state index is 13.3. The van der Waals surface area contributed by atoms with Gasteiger partial charge in [0.05, 0.1) is 17.8 Å². The number of nitrogens with zero attached hydrogens (tertiary/aromatic N) is 7. The molecule has 2 N–H and O–H groups in total. The Kier molecular flexibility index (Phi) is 8.13. The number of aliphatic hydroxyl groups excluding tert-OH is 1. The first kappa shape index (κ1) is 29.0. The Bertz CT molecular complexity index is 1660. The summed E-state index contributed by atoms with van der Waals surface area (Å²) in [5, 5.41) is 21.4. The Labute approximate surface area is 240 Å². The van der Waals surface area contributed by atoms with E-state index in [1.165, 1.54) is 35.3 Å². The summed E-state index contributed by atoms with van der Waals surface area (Å²) in [6.07, 6.45) is -6.24. The molecule has 0 aliphatic carbocycles. The minimum Gasteiger partial charge on any atom is -0.382 e. The van der Waals surface area contributed by atoms with E-state index < -0.39 is 24.5 Å². The fourth-order valence-corrected chi connectivity index (χ4v) is 4.54. The van der Waals surface area contributed by atoms with Crippen LogP contribution in [0.3, 0.4) is 0 Å². The molecule has 0 spiro atoms. The number of carbonyl (C=O) groups excluding carboxylic acids is 2. The first-order valence-corrected chi connectivity index (χ1v) is 13.1. The van der Waals surface area contributed by atoms with Gasteiger partial charge in [-0.15, -0.1) is 10.2 Å². The van der Waals surface area contributed by atoms with E-state index in [9.17, 15) is 32.7 Å². The van der Waals surface area contributed by atoms with Crippen LogP contribution in [0.2, 0.25) is 5.02 Å². The number of halogens is 4. The summed E-state index contributed by atoms with van der Waals surface area (Å²) < 4.78 is 42.4. The van der Waals surface area contributed by atoms with Crippen LogP contribution in [0.15, 0.2) is 59.7 Å². The van der Waals surface area contributed by atoms with Gasteiger partial charge in [-0.1, -0.05) is 23.7 Å². The molecular weight excluding hydrogens is 581 g/mol.